The molecule has 1 heterocycles. The molecule has 0 amide bonds. The Kier molecular flexibility index (Phi) is 6.09. The van der Waals surface area contributed by atoms with Crippen molar-refractivity contribution in [3.8, 4) is 0 Å². The Bertz CT molecular complexity index is 804. The predicted octanol–water partition coefficient (Wildman–Crippen LogP) is 5.38. The Labute approximate surface area is 165 Å². The number of carbonyl (C=O) groups is 1. The van der Waals surface area contributed by atoms with Crippen LogP contribution in [0.2, 0.25) is 0 Å². The number of hydrogen-bond donors (Lipinski definition) is 2. The van der Waals surface area contributed by atoms with Crippen molar-refractivity contribution in [3.05, 3.63) is 44.7 Å². The molecule has 0 bridgehead atoms. The maximum Gasteiger partial charge on any atom is 0.341 e. The van der Waals surface area contributed by atoms with Crippen LogP contribution in [0.3, 0.4) is 0 Å². The smallest absolute Gasteiger partial charge is 0.341 e. The number of fused-ring (bicyclic) bond motifs is 1. The minimum Gasteiger partial charge on any atom is -0.462 e. The molecule has 4 nitrogen and oxygen atoms in total. The first-order valence-electron chi connectivity index (χ1n) is 8.23. The number of ether oxygens (including phenoxy) is 1. The van der Waals surface area contributed by atoms with E-state index in [1.54, 1.807) is 11.3 Å². The molecule has 1 aromatic heterocycles. The molecule has 1 aromatic carbocycles. The van der Waals surface area contributed by atoms with Crippen LogP contribution in [-0.2, 0) is 17.6 Å². The molecule has 132 valence electrons. The lowest BCUT2D eigenvalue weighted by molar-refractivity contribution is 0.0526. The minimum atomic E-state index is -0.269. The molecule has 0 fully saturated rings. The summed E-state index contributed by atoms with van der Waals surface area (Å²) in [6, 6.07) is 7.76. The van der Waals surface area contributed by atoms with Crippen LogP contribution in [0.15, 0.2) is 28.7 Å². The second-order valence-corrected chi connectivity index (χ2v) is 8.15. The van der Waals surface area contributed by atoms with E-state index in [1.807, 2.05) is 31.2 Å². The van der Waals surface area contributed by atoms with Crippen molar-refractivity contribution in [2.24, 2.45) is 0 Å². The van der Waals surface area contributed by atoms with Gasteiger partial charge in [-0.3, -0.25) is 0 Å². The molecule has 0 aliphatic heterocycles. The molecule has 0 saturated carbocycles. The van der Waals surface area contributed by atoms with Gasteiger partial charge in [0.1, 0.15) is 5.00 Å². The number of thiophene rings is 1. The number of anilines is 2. The van der Waals surface area contributed by atoms with Gasteiger partial charge in [0.2, 0.25) is 0 Å². The fraction of sp³-hybridized carbons (Fsp3) is 0.333. The Morgan fingerprint density at radius 3 is 2.88 bits per heavy atom. The van der Waals surface area contributed by atoms with Gasteiger partial charge in [-0.15, -0.1) is 11.3 Å². The maximum absolute atomic E-state index is 12.5. The summed E-state index contributed by atoms with van der Waals surface area (Å²) >= 11 is 10.5. The summed E-state index contributed by atoms with van der Waals surface area (Å²) in [5.74, 6) is -0.269. The second kappa shape index (κ2) is 8.29. The third-order valence-corrected chi connectivity index (χ3v) is 5.87. The number of halogens is 1. The topological polar surface area (TPSA) is 50.4 Å². The van der Waals surface area contributed by atoms with Crippen LogP contribution in [0.1, 0.15) is 40.6 Å². The summed E-state index contributed by atoms with van der Waals surface area (Å²) in [6.45, 7) is 2.19. The van der Waals surface area contributed by atoms with Crippen molar-refractivity contribution >= 4 is 61.3 Å². The van der Waals surface area contributed by atoms with E-state index >= 15 is 0 Å². The lowest BCUT2D eigenvalue weighted by Crippen LogP contribution is -2.20. The van der Waals surface area contributed by atoms with Gasteiger partial charge >= 0.3 is 5.97 Å². The first kappa shape index (κ1) is 18.4. The van der Waals surface area contributed by atoms with Crippen molar-refractivity contribution in [2.45, 2.75) is 32.6 Å². The Morgan fingerprint density at radius 1 is 1.32 bits per heavy atom. The molecule has 0 unspecified atom stereocenters. The monoisotopic (exact) mass is 438 g/mol. The van der Waals surface area contributed by atoms with Gasteiger partial charge in [0.15, 0.2) is 5.11 Å². The third kappa shape index (κ3) is 4.40. The van der Waals surface area contributed by atoms with Gasteiger partial charge in [-0.05, 0) is 68.6 Å². The minimum absolute atomic E-state index is 0.269. The van der Waals surface area contributed by atoms with E-state index in [0.717, 1.165) is 46.4 Å². The zero-order valence-electron chi connectivity index (χ0n) is 13.9. The molecule has 2 N–H and O–H groups in total. The van der Waals surface area contributed by atoms with Crippen LogP contribution in [0.5, 0.6) is 0 Å². The number of thiocarbonyl (C=S) groups is 1. The molecule has 0 radical (unpaired) electrons. The van der Waals surface area contributed by atoms with Crippen molar-refractivity contribution in [1.82, 2.24) is 0 Å². The lowest BCUT2D eigenvalue weighted by atomic mass is 9.95. The van der Waals surface area contributed by atoms with Crippen molar-refractivity contribution in [2.75, 3.05) is 17.2 Å². The van der Waals surface area contributed by atoms with Crippen LogP contribution in [0, 0.1) is 0 Å². The normalized spacial score (nSPS) is 13.0. The molecule has 25 heavy (non-hydrogen) atoms. The van der Waals surface area contributed by atoms with Crippen molar-refractivity contribution in [1.29, 1.82) is 0 Å². The average molecular weight is 439 g/mol. The van der Waals surface area contributed by atoms with Crippen LogP contribution < -0.4 is 10.6 Å². The standard InChI is InChI=1S/C18H19BrN2O2S2/c1-2-23-17(22)15-13-8-3-4-9-14(13)25-16(15)21-18(24)20-12-7-5-6-11(19)10-12/h5-7,10H,2-4,8-9H2,1H3,(H2,20,21,24). The quantitative estimate of drug-likeness (QED) is 0.495. The van der Waals surface area contributed by atoms with Crippen molar-refractivity contribution in [3.63, 3.8) is 0 Å². The van der Waals surface area contributed by atoms with Crippen LogP contribution >= 0.6 is 39.5 Å². The van der Waals surface area contributed by atoms with E-state index in [1.165, 1.54) is 4.88 Å². The lowest BCUT2D eigenvalue weighted by Gasteiger charge is -2.13. The molecular formula is C18H19BrN2O2S2. The number of esters is 1. The fourth-order valence-electron chi connectivity index (χ4n) is 2.90. The van der Waals surface area contributed by atoms with Crippen molar-refractivity contribution < 1.29 is 9.53 Å². The molecule has 0 saturated heterocycles. The maximum atomic E-state index is 12.5. The van der Waals surface area contributed by atoms with Gasteiger partial charge < -0.3 is 15.4 Å². The molecule has 1 aliphatic carbocycles. The van der Waals surface area contributed by atoms with Gasteiger partial charge in [0.25, 0.3) is 0 Å². The summed E-state index contributed by atoms with van der Waals surface area (Å²) in [5.41, 5.74) is 2.66. The Hall–Kier alpha value is -1.44. The summed E-state index contributed by atoms with van der Waals surface area (Å²) < 4.78 is 6.24. The van der Waals surface area contributed by atoms with Gasteiger partial charge in [-0.2, -0.15) is 0 Å². The first-order valence-corrected chi connectivity index (χ1v) is 10.3. The predicted molar refractivity (Wildman–Crippen MR) is 111 cm³/mol. The van der Waals surface area contributed by atoms with Gasteiger partial charge in [-0.25, -0.2) is 4.79 Å². The molecule has 7 heteroatoms. The molecule has 0 spiro atoms. The Morgan fingerprint density at radius 2 is 2.12 bits per heavy atom. The summed E-state index contributed by atoms with van der Waals surface area (Å²) in [4.78, 5) is 13.7. The third-order valence-electron chi connectivity index (χ3n) is 3.96. The molecule has 2 aromatic rings. The number of nitrogens with one attached hydrogen (secondary N) is 2. The fourth-order valence-corrected chi connectivity index (χ4v) is 4.87. The SMILES string of the molecule is CCOC(=O)c1c(NC(=S)Nc2cccc(Br)c2)sc2c1CCCC2. The number of carbonyl (C=O) groups excluding carboxylic acids is 1. The highest BCUT2D eigenvalue weighted by Gasteiger charge is 2.26. The summed E-state index contributed by atoms with van der Waals surface area (Å²) in [5, 5.41) is 7.59. The van der Waals surface area contributed by atoms with E-state index in [-0.39, 0.29) is 5.97 Å². The number of rotatable bonds is 4. The van der Waals surface area contributed by atoms with Crippen LogP contribution in [0.4, 0.5) is 10.7 Å². The largest absolute Gasteiger partial charge is 0.462 e. The van der Waals surface area contributed by atoms with Gasteiger partial charge in [0, 0.05) is 15.0 Å². The van der Waals surface area contributed by atoms with Crippen LogP contribution in [0.25, 0.3) is 0 Å². The summed E-state index contributed by atoms with van der Waals surface area (Å²) in [6.07, 6.45) is 4.21. The van der Waals surface area contributed by atoms with Crippen LogP contribution in [-0.4, -0.2) is 17.7 Å². The second-order valence-electron chi connectivity index (χ2n) is 5.72. The van der Waals surface area contributed by atoms with Gasteiger partial charge in [-0.1, -0.05) is 22.0 Å². The van der Waals surface area contributed by atoms with E-state index in [4.69, 9.17) is 17.0 Å². The molecule has 0 atom stereocenters. The van der Waals surface area contributed by atoms with E-state index in [9.17, 15) is 4.79 Å². The van der Waals surface area contributed by atoms with E-state index < -0.39 is 0 Å². The Balaban J connectivity index is 1.82. The molecule has 3 rings (SSSR count). The average Bonchev–Trinajstić information content (AvgIpc) is 2.92. The molecule has 1 aliphatic rings. The first-order chi connectivity index (χ1) is 12.1. The highest BCUT2D eigenvalue weighted by atomic mass is 79.9. The highest BCUT2D eigenvalue weighted by molar-refractivity contribution is 9.10. The van der Waals surface area contributed by atoms with E-state index in [0.29, 0.717) is 17.3 Å². The van der Waals surface area contributed by atoms with Gasteiger partial charge in [0.05, 0.1) is 12.2 Å². The highest BCUT2D eigenvalue weighted by Crippen LogP contribution is 2.38. The molecular weight excluding hydrogens is 420 g/mol. The summed E-state index contributed by atoms with van der Waals surface area (Å²) in [7, 11) is 0. The number of hydrogen-bond acceptors (Lipinski definition) is 4. The number of aryl methyl sites for hydroxylation is 1. The zero-order chi connectivity index (χ0) is 17.8. The number of benzene rings is 1. The zero-order valence-corrected chi connectivity index (χ0v) is 17.1. The van der Waals surface area contributed by atoms with E-state index in [2.05, 4.69) is 26.6 Å².